The van der Waals surface area contributed by atoms with Gasteiger partial charge in [-0.3, -0.25) is 0 Å². The van der Waals surface area contributed by atoms with Crippen LogP contribution in [0.25, 0.3) is 22.5 Å². The molecule has 0 aromatic heterocycles. The number of aromatic nitrogens is 2. The normalized spacial score (nSPS) is 15.1. The molecule has 0 bridgehead atoms. The van der Waals surface area contributed by atoms with Gasteiger partial charge in [0.15, 0.2) is 15.7 Å². The van der Waals surface area contributed by atoms with Gasteiger partial charge in [0, 0.05) is 17.3 Å². The van der Waals surface area contributed by atoms with Gasteiger partial charge in [0.05, 0.1) is 15.8 Å². The van der Waals surface area contributed by atoms with Crippen molar-refractivity contribution in [3.05, 3.63) is 48.0 Å². The van der Waals surface area contributed by atoms with Crippen LogP contribution in [0.4, 0.5) is 4.39 Å². The maximum atomic E-state index is 14.4. The Labute approximate surface area is 138 Å². The number of rotatable bonds is 3. The highest BCUT2D eigenvalue weighted by Gasteiger charge is 2.37. The Kier molecular flexibility index (Phi) is 3.18. The predicted molar refractivity (Wildman–Crippen MR) is 86.4 cm³/mol. The summed E-state index contributed by atoms with van der Waals surface area (Å²) in [6.07, 6.45) is 2.82. The lowest BCUT2D eigenvalue weighted by Gasteiger charge is -2.15. The third-order valence-electron chi connectivity index (χ3n) is 4.38. The first kappa shape index (κ1) is 15.1. The van der Waals surface area contributed by atoms with E-state index in [1.165, 1.54) is 24.4 Å². The lowest BCUT2D eigenvalue weighted by atomic mass is 9.99. The summed E-state index contributed by atoms with van der Waals surface area (Å²) in [7, 11) is -3.41. The van der Waals surface area contributed by atoms with Crippen LogP contribution in [0.3, 0.4) is 0 Å². The number of benzene rings is 1. The molecular weight excluding hydrogens is 331 g/mol. The number of nitrogens with zero attached hydrogens (tertiary/aromatic N) is 2. The summed E-state index contributed by atoms with van der Waals surface area (Å²) in [5.74, 6) is -0.206. The molecule has 2 aliphatic heterocycles. The molecular formula is C17H15FN2O3S. The van der Waals surface area contributed by atoms with Gasteiger partial charge in [0.2, 0.25) is 0 Å². The van der Waals surface area contributed by atoms with Crippen molar-refractivity contribution in [1.29, 1.82) is 0 Å². The van der Waals surface area contributed by atoms with E-state index in [2.05, 4.69) is 4.98 Å². The topological polar surface area (TPSA) is 72.2 Å². The second-order valence-electron chi connectivity index (χ2n) is 6.08. The van der Waals surface area contributed by atoms with E-state index in [0.29, 0.717) is 35.5 Å². The first-order valence-electron chi connectivity index (χ1n) is 7.60. The smallest absolute Gasteiger partial charge is 0.181 e. The van der Waals surface area contributed by atoms with E-state index < -0.39 is 15.7 Å². The molecule has 1 aliphatic carbocycles. The minimum absolute atomic E-state index is 0.132. The van der Waals surface area contributed by atoms with Crippen LogP contribution in [-0.4, -0.2) is 28.6 Å². The van der Waals surface area contributed by atoms with Gasteiger partial charge in [-0.25, -0.2) is 17.8 Å². The lowest BCUT2D eigenvalue weighted by Crippen LogP contribution is -2.08. The van der Waals surface area contributed by atoms with Crippen LogP contribution in [-0.2, 0) is 9.84 Å². The van der Waals surface area contributed by atoms with Crippen LogP contribution < -0.4 is 0 Å². The molecule has 0 radical (unpaired) electrons. The Hall–Kier alpha value is -2.41. The summed E-state index contributed by atoms with van der Waals surface area (Å²) >= 11 is 0. The molecule has 1 aromatic carbocycles. The zero-order valence-corrected chi connectivity index (χ0v) is 13.7. The van der Waals surface area contributed by atoms with Crippen molar-refractivity contribution >= 4 is 9.84 Å². The van der Waals surface area contributed by atoms with Gasteiger partial charge in [0.1, 0.15) is 5.82 Å². The molecule has 4 rings (SSSR count). The number of fused-ring (bicyclic) bond motifs is 1. The van der Waals surface area contributed by atoms with E-state index in [9.17, 15) is 18.0 Å². The molecule has 1 fully saturated rings. The fourth-order valence-corrected chi connectivity index (χ4v) is 4.58. The van der Waals surface area contributed by atoms with Gasteiger partial charge >= 0.3 is 0 Å². The quantitative estimate of drug-likeness (QED) is 0.583. The van der Waals surface area contributed by atoms with Crippen molar-refractivity contribution in [2.45, 2.75) is 29.9 Å². The van der Waals surface area contributed by atoms with E-state index in [4.69, 9.17) is 0 Å². The SMILES string of the molecule is Cc1cc(-c2cc(S(=O)(=O)C3CC3)ccc2F)c2ccnc-2n1O. The molecule has 0 spiro atoms. The minimum atomic E-state index is -3.41. The van der Waals surface area contributed by atoms with Crippen LogP contribution in [0.5, 0.6) is 0 Å². The average Bonchev–Trinajstić information content (AvgIpc) is 3.30. The molecule has 1 N–H and O–H groups in total. The Balaban J connectivity index is 1.95. The largest absolute Gasteiger partial charge is 0.427 e. The summed E-state index contributed by atoms with van der Waals surface area (Å²) in [6, 6.07) is 7.16. The van der Waals surface area contributed by atoms with Crippen LogP contribution in [0.1, 0.15) is 18.5 Å². The van der Waals surface area contributed by atoms with E-state index in [1.54, 1.807) is 19.1 Å². The molecule has 1 aromatic rings. The van der Waals surface area contributed by atoms with Crippen molar-refractivity contribution < 1.29 is 18.0 Å². The third kappa shape index (κ3) is 2.19. The van der Waals surface area contributed by atoms with Crippen LogP contribution in [0.15, 0.2) is 41.4 Å². The first-order chi connectivity index (χ1) is 11.4. The van der Waals surface area contributed by atoms with Crippen molar-refractivity contribution in [3.63, 3.8) is 0 Å². The van der Waals surface area contributed by atoms with Gasteiger partial charge in [-0.1, -0.05) is 0 Å². The van der Waals surface area contributed by atoms with Gasteiger partial charge in [-0.15, -0.1) is 0 Å². The molecule has 0 saturated heterocycles. The van der Waals surface area contributed by atoms with Crippen molar-refractivity contribution in [3.8, 4) is 22.5 Å². The van der Waals surface area contributed by atoms with Crippen molar-refractivity contribution in [2.24, 2.45) is 0 Å². The van der Waals surface area contributed by atoms with E-state index in [1.807, 2.05) is 0 Å². The molecule has 5 nitrogen and oxygen atoms in total. The zero-order valence-electron chi connectivity index (χ0n) is 12.9. The molecule has 24 heavy (non-hydrogen) atoms. The van der Waals surface area contributed by atoms with Crippen molar-refractivity contribution in [2.75, 3.05) is 0 Å². The Morgan fingerprint density at radius 2 is 1.92 bits per heavy atom. The summed E-state index contributed by atoms with van der Waals surface area (Å²) in [5, 5.41) is 9.66. The van der Waals surface area contributed by atoms with Gasteiger partial charge in [-0.05, 0) is 55.7 Å². The summed E-state index contributed by atoms with van der Waals surface area (Å²) in [4.78, 5) is 4.21. The van der Waals surface area contributed by atoms with Crippen molar-refractivity contribution in [1.82, 2.24) is 9.71 Å². The highest BCUT2D eigenvalue weighted by Crippen LogP contribution is 2.38. The molecule has 0 unspecified atom stereocenters. The fourth-order valence-electron chi connectivity index (χ4n) is 2.90. The zero-order chi connectivity index (χ0) is 17.1. The van der Waals surface area contributed by atoms with Gasteiger partial charge in [0.25, 0.3) is 0 Å². The number of aryl methyl sites for hydroxylation is 1. The monoisotopic (exact) mass is 346 g/mol. The number of hydrogen-bond acceptors (Lipinski definition) is 4. The lowest BCUT2D eigenvalue weighted by molar-refractivity contribution is 0.180. The highest BCUT2D eigenvalue weighted by atomic mass is 32.2. The minimum Gasteiger partial charge on any atom is -0.427 e. The second-order valence-corrected chi connectivity index (χ2v) is 8.31. The molecule has 3 aliphatic rings. The summed E-state index contributed by atoms with van der Waals surface area (Å²) < 4.78 is 40.3. The predicted octanol–water partition coefficient (Wildman–Crippen LogP) is 3.28. The van der Waals surface area contributed by atoms with Crippen LogP contribution >= 0.6 is 0 Å². The van der Waals surface area contributed by atoms with Crippen LogP contribution in [0.2, 0.25) is 0 Å². The standard InChI is InChI=1S/C17H15FN2O3S/c1-10-8-14(13-6-7-19-17(13)20(10)21)15-9-12(4-5-16(15)18)24(22,23)11-2-3-11/h4-9,11,21H,2-3H2,1H3. The summed E-state index contributed by atoms with van der Waals surface area (Å²) in [6.45, 7) is 1.67. The maximum Gasteiger partial charge on any atom is 0.181 e. The molecule has 0 atom stereocenters. The van der Waals surface area contributed by atoms with Gasteiger partial charge < -0.3 is 5.21 Å². The number of hydrogen-bond donors (Lipinski definition) is 1. The first-order valence-corrected chi connectivity index (χ1v) is 9.14. The molecule has 2 heterocycles. The molecule has 1 saturated carbocycles. The third-order valence-corrected chi connectivity index (χ3v) is 6.64. The van der Waals surface area contributed by atoms with E-state index >= 15 is 0 Å². The molecule has 124 valence electrons. The Morgan fingerprint density at radius 1 is 1.17 bits per heavy atom. The molecule has 7 heteroatoms. The van der Waals surface area contributed by atoms with E-state index in [-0.39, 0.29) is 15.7 Å². The second kappa shape index (κ2) is 5.04. The number of sulfone groups is 1. The Bertz CT molecular complexity index is 1020. The summed E-state index contributed by atoms with van der Waals surface area (Å²) in [5.41, 5.74) is 1.74. The fraction of sp³-hybridized carbons (Fsp3) is 0.235. The Morgan fingerprint density at radius 3 is 2.62 bits per heavy atom. The maximum absolute atomic E-state index is 14.4. The average molecular weight is 346 g/mol. The number of pyridine rings is 1. The van der Waals surface area contributed by atoms with E-state index in [0.717, 1.165) is 4.73 Å². The molecule has 0 amide bonds. The highest BCUT2D eigenvalue weighted by molar-refractivity contribution is 7.92. The number of halogens is 1. The van der Waals surface area contributed by atoms with Gasteiger partial charge in [-0.2, -0.15) is 4.73 Å². The van der Waals surface area contributed by atoms with Crippen LogP contribution in [0, 0.1) is 12.7 Å².